The Balaban J connectivity index is 1.50. The molecule has 4 rings (SSSR count). The van der Waals surface area contributed by atoms with E-state index in [4.69, 9.17) is 9.47 Å². The van der Waals surface area contributed by atoms with Crippen molar-refractivity contribution in [2.24, 2.45) is 10.2 Å². The maximum Gasteiger partial charge on any atom is 0.176 e. The largest absolute Gasteiger partial charge is 0.490 e. The molecular formula is C22H26N6O2. The minimum atomic E-state index is -0.423. The molecule has 2 N–H and O–H groups in total. The van der Waals surface area contributed by atoms with Gasteiger partial charge in [0.15, 0.2) is 11.6 Å². The molecule has 3 heterocycles. The number of nitrogens with one attached hydrogen (secondary N) is 2. The molecule has 30 heavy (non-hydrogen) atoms. The number of allylic oxidation sites excluding steroid dienone is 2. The molecule has 0 aliphatic carbocycles. The predicted molar refractivity (Wildman–Crippen MR) is 119 cm³/mol. The third-order valence-electron chi connectivity index (χ3n) is 5.19. The molecule has 8 nitrogen and oxygen atoms in total. The van der Waals surface area contributed by atoms with Crippen LogP contribution in [0.15, 0.2) is 59.1 Å². The molecule has 0 bridgehead atoms. The van der Waals surface area contributed by atoms with E-state index < -0.39 is 11.2 Å². The Kier molecular flexibility index (Phi) is 5.65. The van der Waals surface area contributed by atoms with Gasteiger partial charge in [-0.25, -0.2) is 0 Å². The molecule has 0 fully saturated rings. The van der Waals surface area contributed by atoms with Crippen molar-refractivity contribution in [3.8, 4) is 0 Å². The zero-order chi connectivity index (χ0) is 20.9. The summed E-state index contributed by atoms with van der Waals surface area (Å²) in [7, 11) is 0. The summed E-state index contributed by atoms with van der Waals surface area (Å²) in [6, 6.07) is 7.83. The quantitative estimate of drug-likeness (QED) is 0.538. The van der Waals surface area contributed by atoms with Crippen LogP contribution in [0.25, 0.3) is 10.8 Å². The minimum Gasteiger partial charge on any atom is -0.490 e. The Hall–Kier alpha value is -3.42. The van der Waals surface area contributed by atoms with Gasteiger partial charge in [-0.2, -0.15) is 10.2 Å². The van der Waals surface area contributed by atoms with Crippen molar-refractivity contribution >= 4 is 34.8 Å². The van der Waals surface area contributed by atoms with E-state index in [0.717, 1.165) is 36.5 Å². The summed E-state index contributed by atoms with van der Waals surface area (Å²) in [5.41, 5.74) is 5.15. The number of nitrogens with zero attached hydrogens (tertiary/aromatic N) is 4. The van der Waals surface area contributed by atoms with Crippen LogP contribution in [0.5, 0.6) is 0 Å². The number of benzene rings is 1. The van der Waals surface area contributed by atoms with Crippen molar-refractivity contribution in [2.75, 3.05) is 10.9 Å². The summed E-state index contributed by atoms with van der Waals surface area (Å²) in [4.78, 5) is 0. The average molecular weight is 406 g/mol. The van der Waals surface area contributed by atoms with E-state index in [9.17, 15) is 0 Å². The van der Waals surface area contributed by atoms with Crippen molar-refractivity contribution in [1.29, 1.82) is 0 Å². The van der Waals surface area contributed by atoms with Gasteiger partial charge in [-0.05, 0) is 51.7 Å². The molecular weight excluding hydrogens is 380 g/mol. The number of hydrogen-bond donors (Lipinski definition) is 2. The van der Waals surface area contributed by atoms with Gasteiger partial charge in [0, 0.05) is 10.8 Å². The summed E-state index contributed by atoms with van der Waals surface area (Å²) < 4.78 is 11.3. The number of aromatic nitrogens is 2. The first kappa shape index (κ1) is 19.9. The van der Waals surface area contributed by atoms with Crippen LogP contribution in [0.2, 0.25) is 0 Å². The molecule has 1 aromatic heterocycles. The molecule has 8 heteroatoms. The minimum absolute atomic E-state index is 0.423. The molecule has 2 aliphatic heterocycles. The molecule has 2 atom stereocenters. The van der Waals surface area contributed by atoms with E-state index in [1.807, 2.05) is 50.3 Å². The number of hydrogen-bond acceptors (Lipinski definition) is 8. The number of hydrazone groups is 2. The number of ether oxygens (including phenoxy) is 2. The Morgan fingerprint density at radius 1 is 0.833 bits per heavy atom. The zero-order valence-corrected chi connectivity index (χ0v) is 17.2. The smallest absolute Gasteiger partial charge is 0.176 e. The van der Waals surface area contributed by atoms with Gasteiger partial charge in [-0.3, -0.25) is 10.9 Å². The number of fused-ring (bicyclic) bond motifs is 1. The Labute approximate surface area is 175 Å². The lowest BCUT2D eigenvalue weighted by Crippen LogP contribution is -2.30. The zero-order valence-electron chi connectivity index (χ0n) is 17.2. The van der Waals surface area contributed by atoms with E-state index in [2.05, 4.69) is 31.3 Å². The second-order valence-corrected chi connectivity index (χ2v) is 7.86. The van der Waals surface area contributed by atoms with Gasteiger partial charge in [-0.15, -0.1) is 10.2 Å². The second-order valence-electron chi connectivity index (χ2n) is 7.86. The van der Waals surface area contributed by atoms with Gasteiger partial charge in [0.25, 0.3) is 0 Å². The van der Waals surface area contributed by atoms with E-state index in [0.29, 0.717) is 11.6 Å². The van der Waals surface area contributed by atoms with Crippen LogP contribution in [0.4, 0.5) is 11.6 Å². The molecule has 0 saturated heterocycles. The summed E-state index contributed by atoms with van der Waals surface area (Å²) in [5.74, 6) is 1.14. The lowest BCUT2D eigenvalue weighted by Gasteiger charge is -2.27. The van der Waals surface area contributed by atoms with E-state index in [-0.39, 0.29) is 0 Å². The molecule has 0 saturated carbocycles. The highest BCUT2D eigenvalue weighted by Gasteiger charge is 2.25. The van der Waals surface area contributed by atoms with E-state index in [1.54, 1.807) is 25.0 Å². The Bertz CT molecular complexity index is 937. The molecule has 0 radical (unpaired) electrons. The molecule has 1 aromatic carbocycles. The first-order chi connectivity index (χ1) is 14.6. The fourth-order valence-electron chi connectivity index (χ4n) is 3.32. The van der Waals surface area contributed by atoms with Crippen LogP contribution in [0, 0.1) is 0 Å². The lowest BCUT2D eigenvalue weighted by atomic mass is 10.00. The first-order valence-electron chi connectivity index (χ1n) is 10.1. The summed E-state index contributed by atoms with van der Waals surface area (Å²) in [6.07, 6.45) is 14.7. The number of anilines is 2. The Morgan fingerprint density at radius 2 is 1.30 bits per heavy atom. The summed E-state index contributed by atoms with van der Waals surface area (Å²) in [5, 5.41) is 19.0. The third-order valence-corrected chi connectivity index (χ3v) is 5.19. The van der Waals surface area contributed by atoms with Crippen molar-refractivity contribution in [2.45, 2.75) is 50.7 Å². The van der Waals surface area contributed by atoms with Gasteiger partial charge in [0.1, 0.15) is 11.2 Å². The molecule has 156 valence electrons. The highest BCUT2D eigenvalue weighted by atomic mass is 16.5. The molecule has 0 amide bonds. The van der Waals surface area contributed by atoms with Crippen molar-refractivity contribution in [1.82, 2.24) is 10.2 Å². The van der Waals surface area contributed by atoms with Gasteiger partial charge in [0.2, 0.25) is 0 Å². The van der Waals surface area contributed by atoms with Gasteiger partial charge >= 0.3 is 0 Å². The number of rotatable bonds is 6. The fourth-order valence-corrected chi connectivity index (χ4v) is 3.32. The molecule has 2 aliphatic rings. The van der Waals surface area contributed by atoms with Crippen molar-refractivity contribution in [3.05, 3.63) is 48.9 Å². The van der Waals surface area contributed by atoms with Crippen LogP contribution in [-0.2, 0) is 9.47 Å². The van der Waals surface area contributed by atoms with Crippen LogP contribution >= 0.6 is 0 Å². The van der Waals surface area contributed by atoms with Gasteiger partial charge in [0.05, 0.1) is 25.0 Å². The predicted octanol–water partition coefficient (Wildman–Crippen LogP) is 4.59. The summed E-state index contributed by atoms with van der Waals surface area (Å²) in [6.45, 7) is 4.01. The topological polar surface area (TPSA) is 93.0 Å². The van der Waals surface area contributed by atoms with E-state index >= 15 is 0 Å². The molecule has 0 spiro atoms. The standard InChI is InChI=1S/C22H26N6O2/c1-21(11-5-7-13-29-21)15-23-25-19-17-9-3-4-10-18(17)20(28-27-19)26-24-16-22(2)12-6-8-14-30-22/h3-4,7-10,13-16H,5-6,11-12H2,1-2H3,(H,25,27)(H,26,28)/b23-15-,24-16+/t21-,22+/m1/s1. The van der Waals surface area contributed by atoms with Crippen molar-refractivity contribution < 1.29 is 9.47 Å². The Morgan fingerprint density at radius 3 is 1.70 bits per heavy atom. The highest BCUT2D eigenvalue weighted by molar-refractivity contribution is 5.98. The maximum absolute atomic E-state index is 5.67. The first-order valence-corrected chi connectivity index (χ1v) is 10.1. The van der Waals surface area contributed by atoms with Crippen LogP contribution in [-0.4, -0.2) is 33.8 Å². The van der Waals surface area contributed by atoms with E-state index in [1.165, 1.54) is 0 Å². The highest BCUT2D eigenvalue weighted by Crippen LogP contribution is 2.27. The van der Waals surface area contributed by atoms with Gasteiger partial charge in [-0.1, -0.05) is 24.3 Å². The molecule has 0 unspecified atom stereocenters. The summed E-state index contributed by atoms with van der Waals surface area (Å²) >= 11 is 0. The lowest BCUT2D eigenvalue weighted by molar-refractivity contribution is 0.0899. The second kappa shape index (κ2) is 8.52. The fraction of sp³-hybridized carbons (Fsp3) is 0.364. The third kappa shape index (κ3) is 4.59. The van der Waals surface area contributed by atoms with Crippen LogP contribution < -0.4 is 10.9 Å². The monoisotopic (exact) mass is 406 g/mol. The van der Waals surface area contributed by atoms with Crippen LogP contribution in [0.1, 0.15) is 39.5 Å². The van der Waals surface area contributed by atoms with Crippen LogP contribution in [0.3, 0.4) is 0 Å². The van der Waals surface area contributed by atoms with Crippen molar-refractivity contribution in [3.63, 3.8) is 0 Å². The maximum atomic E-state index is 5.67. The SMILES string of the molecule is C[C@]1(/C=N\Nc2nnc(N/N=C/[C@]3(C)CCC=CO3)c3ccccc23)CCC=CO1. The molecule has 2 aromatic rings. The van der Waals surface area contributed by atoms with Gasteiger partial charge < -0.3 is 9.47 Å². The average Bonchev–Trinajstić information content (AvgIpc) is 2.76. The normalized spacial score (nSPS) is 26.1.